The second-order valence-corrected chi connectivity index (χ2v) is 6.73. The lowest BCUT2D eigenvalue weighted by molar-refractivity contribution is -0.142. The second kappa shape index (κ2) is 7.04. The normalized spacial score (nSPS) is 16.0. The summed E-state index contributed by atoms with van der Waals surface area (Å²) in [6, 6.07) is 2.74. The Morgan fingerprint density at radius 3 is 2.28 bits per heavy atom. The summed E-state index contributed by atoms with van der Waals surface area (Å²) in [5.74, 6) is -2.83. The Labute approximate surface area is 146 Å². The predicted molar refractivity (Wildman–Crippen MR) is 90.2 cm³/mol. The number of nitrogens with one attached hydrogen (secondary N) is 1. The number of carbonyl (C=O) groups is 4. The molecular formula is C18H22N2O5. The first kappa shape index (κ1) is 18.6. The van der Waals surface area contributed by atoms with E-state index in [0.29, 0.717) is 0 Å². The van der Waals surface area contributed by atoms with Gasteiger partial charge in [0.1, 0.15) is 12.1 Å². The van der Waals surface area contributed by atoms with Gasteiger partial charge in [-0.3, -0.25) is 19.3 Å². The van der Waals surface area contributed by atoms with Crippen molar-refractivity contribution in [3.63, 3.8) is 0 Å². The zero-order chi connectivity index (χ0) is 18.9. The SMILES string of the molecule is Cc1ccc2c(c1)C(=O)N(C(C)C(=O)N[C@@H](CC(C)C)C(=O)O)C2=O. The molecule has 1 aromatic rings. The number of amides is 3. The lowest BCUT2D eigenvalue weighted by Crippen LogP contribution is -2.52. The summed E-state index contributed by atoms with van der Waals surface area (Å²) in [4.78, 5) is 49.6. The molecule has 0 bridgehead atoms. The van der Waals surface area contributed by atoms with Crippen molar-refractivity contribution in [2.24, 2.45) is 5.92 Å². The largest absolute Gasteiger partial charge is 0.480 e. The molecule has 0 saturated heterocycles. The summed E-state index contributed by atoms with van der Waals surface area (Å²) in [7, 11) is 0. The number of imide groups is 1. The quantitative estimate of drug-likeness (QED) is 0.761. The summed E-state index contributed by atoms with van der Waals surface area (Å²) < 4.78 is 0. The highest BCUT2D eigenvalue weighted by Gasteiger charge is 2.41. The molecule has 2 N–H and O–H groups in total. The Hall–Kier alpha value is -2.70. The molecule has 1 aliphatic rings. The van der Waals surface area contributed by atoms with E-state index in [1.807, 2.05) is 13.8 Å². The van der Waals surface area contributed by atoms with Crippen LogP contribution in [0.1, 0.15) is 53.5 Å². The molecule has 0 aromatic heterocycles. The minimum absolute atomic E-state index is 0.0685. The average molecular weight is 346 g/mol. The first-order chi connectivity index (χ1) is 11.6. The lowest BCUT2D eigenvalue weighted by atomic mass is 10.0. The van der Waals surface area contributed by atoms with Crippen LogP contribution < -0.4 is 5.32 Å². The van der Waals surface area contributed by atoms with Crippen molar-refractivity contribution in [3.8, 4) is 0 Å². The maximum atomic E-state index is 12.5. The van der Waals surface area contributed by atoms with Gasteiger partial charge in [-0.2, -0.15) is 0 Å². The third kappa shape index (κ3) is 3.70. The van der Waals surface area contributed by atoms with Crippen molar-refractivity contribution >= 4 is 23.7 Å². The Kier molecular flexibility index (Phi) is 5.25. The van der Waals surface area contributed by atoms with Crippen molar-refractivity contribution in [2.45, 2.75) is 46.2 Å². The van der Waals surface area contributed by atoms with Crippen molar-refractivity contribution in [1.82, 2.24) is 10.2 Å². The van der Waals surface area contributed by atoms with Gasteiger partial charge in [-0.15, -0.1) is 0 Å². The van der Waals surface area contributed by atoms with Gasteiger partial charge < -0.3 is 10.4 Å². The minimum atomic E-state index is -1.15. The van der Waals surface area contributed by atoms with E-state index in [0.717, 1.165) is 10.5 Å². The number of hydrogen-bond donors (Lipinski definition) is 2. The van der Waals surface area contributed by atoms with Gasteiger partial charge in [-0.25, -0.2) is 4.79 Å². The van der Waals surface area contributed by atoms with Crippen LogP contribution in [0.3, 0.4) is 0 Å². The first-order valence-corrected chi connectivity index (χ1v) is 8.15. The Bertz CT molecular complexity index is 741. The molecule has 0 radical (unpaired) electrons. The smallest absolute Gasteiger partial charge is 0.326 e. The number of carboxylic acid groups (broad SMARTS) is 1. The fourth-order valence-electron chi connectivity index (χ4n) is 2.83. The molecule has 0 saturated carbocycles. The monoisotopic (exact) mass is 346 g/mol. The molecule has 0 aliphatic carbocycles. The molecule has 7 heteroatoms. The average Bonchev–Trinajstić information content (AvgIpc) is 2.76. The second-order valence-electron chi connectivity index (χ2n) is 6.73. The summed E-state index contributed by atoms with van der Waals surface area (Å²) in [5.41, 5.74) is 1.36. The molecule has 1 aliphatic heterocycles. The Balaban J connectivity index is 2.19. The van der Waals surface area contributed by atoms with Gasteiger partial charge in [0, 0.05) is 0 Å². The van der Waals surface area contributed by atoms with E-state index in [1.165, 1.54) is 6.92 Å². The van der Waals surface area contributed by atoms with Gasteiger partial charge in [0.05, 0.1) is 11.1 Å². The number of aliphatic carboxylic acids is 1. The topological polar surface area (TPSA) is 104 Å². The van der Waals surface area contributed by atoms with Crippen LogP contribution in [0, 0.1) is 12.8 Å². The van der Waals surface area contributed by atoms with E-state index in [-0.39, 0.29) is 23.5 Å². The first-order valence-electron chi connectivity index (χ1n) is 8.15. The summed E-state index contributed by atoms with van der Waals surface area (Å²) in [6.45, 7) is 6.91. The fourth-order valence-corrected chi connectivity index (χ4v) is 2.83. The van der Waals surface area contributed by atoms with Gasteiger partial charge in [0.25, 0.3) is 11.8 Å². The number of carbonyl (C=O) groups excluding carboxylic acids is 3. The maximum absolute atomic E-state index is 12.5. The number of hydrogen-bond acceptors (Lipinski definition) is 4. The van der Waals surface area contributed by atoms with E-state index < -0.39 is 35.8 Å². The van der Waals surface area contributed by atoms with E-state index in [9.17, 15) is 24.3 Å². The minimum Gasteiger partial charge on any atom is -0.480 e. The van der Waals surface area contributed by atoms with Crippen LogP contribution in [0.15, 0.2) is 18.2 Å². The molecule has 0 fully saturated rings. The molecular weight excluding hydrogens is 324 g/mol. The van der Waals surface area contributed by atoms with E-state index in [2.05, 4.69) is 5.32 Å². The predicted octanol–water partition coefficient (Wildman–Crippen LogP) is 1.60. The summed E-state index contributed by atoms with van der Waals surface area (Å²) in [5, 5.41) is 11.7. The van der Waals surface area contributed by atoms with Crippen molar-refractivity contribution in [3.05, 3.63) is 34.9 Å². The van der Waals surface area contributed by atoms with Crippen LogP contribution in [-0.4, -0.2) is 45.8 Å². The van der Waals surface area contributed by atoms with Gasteiger partial charge in [0.15, 0.2) is 0 Å². The molecule has 1 aromatic carbocycles. The molecule has 2 atom stereocenters. The van der Waals surface area contributed by atoms with Gasteiger partial charge >= 0.3 is 5.97 Å². The lowest BCUT2D eigenvalue weighted by Gasteiger charge is -2.24. The molecule has 3 amide bonds. The van der Waals surface area contributed by atoms with Crippen LogP contribution >= 0.6 is 0 Å². The van der Waals surface area contributed by atoms with E-state index >= 15 is 0 Å². The number of aryl methyl sites for hydroxylation is 1. The Morgan fingerprint density at radius 2 is 1.72 bits per heavy atom. The van der Waals surface area contributed by atoms with Gasteiger partial charge in [-0.1, -0.05) is 25.5 Å². The number of carboxylic acids is 1. The van der Waals surface area contributed by atoms with Crippen LogP contribution in [0.25, 0.3) is 0 Å². The zero-order valence-corrected chi connectivity index (χ0v) is 14.7. The molecule has 1 unspecified atom stereocenters. The van der Waals surface area contributed by atoms with Crippen molar-refractivity contribution < 1.29 is 24.3 Å². The van der Waals surface area contributed by atoms with Gasteiger partial charge in [0.2, 0.25) is 5.91 Å². The molecule has 1 heterocycles. The molecule has 2 rings (SSSR count). The third-order valence-electron chi connectivity index (χ3n) is 4.16. The standard InChI is InChI=1S/C18H22N2O5/c1-9(2)7-14(18(24)25)19-15(21)11(4)20-16(22)12-6-5-10(3)8-13(12)17(20)23/h5-6,8-9,11,14H,7H2,1-4H3,(H,19,21)(H,24,25)/t11?,14-/m0/s1. The number of fused-ring (bicyclic) bond motifs is 1. The number of rotatable bonds is 6. The zero-order valence-electron chi connectivity index (χ0n) is 14.7. The highest BCUT2D eigenvalue weighted by atomic mass is 16.4. The van der Waals surface area contributed by atoms with Crippen LogP contribution in [0.4, 0.5) is 0 Å². The Morgan fingerprint density at radius 1 is 1.12 bits per heavy atom. The maximum Gasteiger partial charge on any atom is 0.326 e. The molecule has 25 heavy (non-hydrogen) atoms. The van der Waals surface area contributed by atoms with Crippen LogP contribution in [0.2, 0.25) is 0 Å². The van der Waals surface area contributed by atoms with E-state index in [1.54, 1.807) is 25.1 Å². The van der Waals surface area contributed by atoms with Gasteiger partial charge in [-0.05, 0) is 38.3 Å². The molecule has 7 nitrogen and oxygen atoms in total. The highest BCUT2D eigenvalue weighted by Crippen LogP contribution is 2.25. The summed E-state index contributed by atoms with van der Waals surface area (Å²) in [6.07, 6.45) is 0.259. The highest BCUT2D eigenvalue weighted by molar-refractivity contribution is 6.22. The van der Waals surface area contributed by atoms with E-state index in [4.69, 9.17) is 0 Å². The summed E-state index contributed by atoms with van der Waals surface area (Å²) >= 11 is 0. The molecule has 0 spiro atoms. The van der Waals surface area contributed by atoms with Crippen molar-refractivity contribution in [2.75, 3.05) is 0 Å². The third-order valence-corrected chi connectivity index (χ3v) is 4.16. The fraction of sp³-hybridized carbons (Fsp3) is 0.444. The van der Waals surface area contributed by atoms with Crippen molar-refractivity contribution in [1.29, 1.82) is 0 Å². The number of nitrogens with zero attached hydrogens (tertiary/aromatic N) is 1. The van der Waals surface area contributed by atoms with Crippen LogP contribution in [0.5, 0.6) is 0 Å². The molecule has 134 valence electrons. The number of benzene rings is 1. The van der Waals surface area contributed by atoms with Crippen LogP contribution in [-0.2, 0) is 9.59 Å².